The molecule has 0 unspecified atom stereocenters. The highest BCUT2D eigenvalue weighted by molar-refractivity contribution is 7.99. The van der Waals surface area contributed by atoms with Gasteiger partial charge in [-0.15, -0.1) is 15.3 Å². The largest absolute Gasteiger partial charge is 0.379 e. The summed E-state index contributed by atoms with van der Waals surface area (Å²) in [6.07, 6.45) is 5.23. The van der Waals surface area contributed by atoms with Crippen LogP contribution in [0.2, 0.25) is 0 Å². The van der Waals surface area contributed by atoms with Crippen molar-refractivity contribution in [3.63, 3.8) is 0 Å². The third-order valence-corrected chi connectivity index (χ3v) is 7.46. The van der Waals surface area contributed by atoms with E-state index in [2.05, 4.69) is 40.8 Å². The second-order valence-electron chi connectivity index (χ2n) is 8.00. The van der Waals surface area contributed by atoms with Crippen LogP contribution in [0, 0.1) is 0 Å². The highest BCUT2D eigenvalue weighted by Crippen LogP contribution is 2.33. The zero-order chi connectivity index (χ0) is 24.3. The van der Waals surface area contributed by atoms with Crippen LogP contribution in [0.1, 0.15) is 0 Å². The standard InChI is InChI=1S/C22H22N10O2S2/c33-20(24-6-7-30-9-11-34-12-10-30)26-21-25-16-2-1-15(13-17(16)36-21)35-22-28-27-18-3-4-19(29-32(18)22)31-8-5-23-14-31/h1-5,8,13-14H,6-7,9-12H2,(H2,24,25,26,33). The van der Waals surface area contributed by atoms with Crippen LogP contribution < -0.4 is 10.6 Å². The monoisotopic (exact) mass is 522 g/mol. The topological polar surface area (TPSA) is 127 Å². The molecule has 4 aromatic heterocycles. The Morgan fingerprint density at radius 1 is 1.17 bits per heavy atom. The molecule has 1 fully saturated rings. The van der Waals surface area contributed by atoms with Gasteiger partial charge in [0.15, 0.2) is 16.6 Å². The number of imidazole rings is 1. The molecule has 2 N–H and O–H groups in total. The lowest BCUT2D eigenvalue weighted by Crippen LogP contribution is -2.42. The van der Waals surface area contributed by atoms with Crippen molar-refractivity contribution in [2.45, 2.75) is 10.1 Å². The fourth-order valence-electron chi connectivity index (χ4n) is 3.78. The number of fused-ring (bicyclic) bond motifs is 2. The maximum atomic E-state index is 12.3. The van der Waals surface area contributed by atoms with Crippen LogP contribution in [0.4, 0.5) is 9.93 Å². The number of nitrogens with one attached hydrogen (secondary N) is 2. The molecular weight excluding hydrogens is 500 g/mol. The van der Waals surface area contributed by atoms with Gasteiger partial charge in [-0.25, -0.2) is 14.8 Å². The maximum absolute atomic E-state index is 12.3. The van der Waals surface area contributed by atoms with Crippen molar-refractivity contribution in [3.05, 3.63) is 49.1 Å². The summed E-state index contributed by atoms with van der Waals surface area (Å²) in [6, 6.07) is 9.42. The molecule has 14 heteroatoms. The van der Waals surface area contributed by atoms with Gasteiger partial charge in [0, 0.05) is 43.5 Å². The molecule has 184 valence electrons. The number of anilines is 1. The van der Waals surface area contributed by atoms with Gasteiger partial charge in [0.25, 0.3) is 0 Å². The van der Waals surface area contributed by atoms with Crippen LogP contribution in [0.15, 0.2) is 59.1 Å². The molecule has 5 aromatic rings. The summed E-state index contributed by atoms with van der Waals surface area (Å²) in [4.78, 5) is 24.2. The first-order valence-corrected chi connectivity index (χ1v) is 13.0. The van der Waals surface area contributed by atoms with E-state index in [-0.39, 0.29) is 6.03 Å². The molecule has 5 heterocycles. The molecule has 6 rings (SSSR count). The fourth-order valence-corrected chi connectivity index (χ4v) is 5.58. The van der Waals surface area contributed by atoms with Crippen LogP contribution >= 0.6 is 23.1 Å². The Morgan fingerprint density at radius 2 is 2.08 bits per heavy atom. The summed E-state index contributed by atoms with van der Waals surface area (Å²) >= 11 is 2.89. The Bertz CT molecular complexity index is 1490. The Morgan fingerprint density at radius 3 is 2.94 bits per heavy atom. The first-order chi connectivity index (χ1) is 17.7. The number of hydrogen-bond donors (Lipinski definition) is 2. The number of nitrogens with zero attached hydrogens (tertiary/aromatic N) is 8. The number of amides is 2. The second-order valence-corrected chi connectivity index (χ2v) is 10.1. The van der Waals surface area contributed by atoms with Gasteiger partial charge in [0.05, 0.1) is 23.4 Å². The van der Waals surface area contributed by atoms with Gasteiger partial charge in [0.1, 0.15) is 6.33 Å². The van der Waals surface area contributed by atoms with Crippen LogP contribution in [0.5, 0.6) is 0 Å². The number of aromatic nitrogens is 7. The minimum Gasteiger partial charge on any atom is -0.379 e. The van der Waals surface area contributed by atoms with Gasteiger partial charge in [-0.3, -0.25) is 14.8 Å². The molecule has 1 aliphatic heterocycles. The number of carbonyl (C=O) groups excluding carboxylic acids is 1. The van der Waals surface area contributed by atoms with Crippen molar-refractivity contribution < 1.29 is 9.53 Å². The first kappa shape index (κ1) is 22.8. The van der Waals surface area contributed by atoms with E-state index >= 15 is 0 Å². The SMILES string of the molecule is O=C(NCCN1CCOCC1)Nc1nc2ccc(Sc3nnc4ccc(-n5ccnc5)nn34)cc2s1. The Hall–Kier alpha value is -3.59. The van der Waals surface area contributed by atoms with Crippen molar-refractivity contribution in [2.24, 2.45) is 0 Å². The lowest BCUT2D eigenvalue weighted by molar-refractivity contribution is 0.0388. The van der Waals surface area contributed by atoms with Gasteiger partial charge in [-0.1, -0.05) is 11.3 Å². The lowest BCUT2D eigenvalue weighted by atomic mass is 10.3. The number of urea groups is 1. The summed E-state index contributed by atoms with van der Waals surface area (Å²) in [7, 11) is 0. The Kier molecular flexibility index (Phi) is 6.46. The molecule has 0 atom stereocenters. The average molecular weight is 523 g/mol. The number of thiazole rings is 1. The third-order valence-electron chi connectivity index (χ3n) is 5.60. The summed E-state index contributed by atoms with van der Waals surface area (Å²) < 4.78 is 9.85. The van der Waals surface area contributed by atoms with Gasteiger partial charge < -0.3 is 10.1 Å². The highest BCUT2D eigenvalue weighted by Gasteiger charge is 2.14. The zero-order valence-electron chi connectivity index (χ0n) is 19.1. The average Bonchev–Trinajstić information content (AvgIpc) is 3.64. The van der Waals surface area contributed by atoms with E-state index in [1.165, 1.54) is 23.1 Å². The van der Waals surface area contributed by atoms with E-state index in [1.807, 2.05) is 41.1 Å². The number of carbonyl (C=O) groups is 1. The van der Waals surface area contributed by atoms with E-state index in [9.17, 15) is 4.79 Å². The maximum Gasteiger partial charge on any atom is 0.321 e. The smallest absolute Gasteiger partial charge is 0.321 e. The van der Waals surface area contributed by atoms with E-state index in [4.69, 9.17) is 4.74 Å². The molecular formula is C22H22N10O2S2. The quantitative estimate of drug-likeness (QED) is 0.331. The molecule has 1 saturated heterocycles. The summed E-state index contributed by atoms with van der Waals surface area (Å²) in [6.45, 7) is 4.65. The summed E-state index contributed by atoms with van der Waals surface area (Å²) in [5.41, 5.74) is 1.48. The van der Waals surface area contributed by atoms with Gasteiger partial charge >= 0.3 is 6.03 Å². The Balaban J connectivity index is 1.12. The number of ether oxygens (including phenoxy) is 1. The van der Waals surface area contributed by atoms with Gasteiger partial charge in [-0.2, -0.15) is 4.52 Å². The molecule has 0 bridgehead atoms. The molecule has 2 amide bonds. The molecule has 0 saturated carbocycles. The highest BCUT2D eigenvalue weighted by atomic mass is 32.2. The van der Waals surface area contributed by atoms with Crippen molar-refractivity contribution in [1.29, 1.82) is 0 Å². The van der Waals surface area contributed by atoms with Crippen LogP contribution in [-0.2, 0) is 4.74 Å². The van der Waals surface area contributed by atoms with Crippen molar-refractivity contribution in [1.82, 2.24) is 44.6 Å². The molecule has 0 spiro atoms. The van der Waals surface area contributed by atoms with Crippen molar-refractivity contribution >= 4 is 50.1 Å². The normalized spacial score (nSPS) is 14.4. The molecule has 1 aliphatic rings. The lowest BCUT2D eigenvalue weighted by Gasteiger charge is -2.26. The first-order valence-electron chi connectivity index (χ1n) is 11.4. The predicted molar refractivity (Wildman–Crippen MR) is 136 cm³/mol. The van der Waals surface area contributed by atoms with Crippen LogP contribution in [-0.4, -0.2) is 84.7 Å². The minimum atomic E-state index is -0.258. The van der Waals surface area contributed by atoms with E-state index in [0.29, 0.717) is 22.5 Å². The predicted octanol–water partition coefficient (Wildman–Crippen LogP) is 2.52. The number of rotatable bonds is 7. The van der Waals surface area contributed by atoms with Crippen molar-refractivity contribution in [3.8, 4) is 5.82 Å². The fraction of sp³-hybridized carbons (Fsp3) is 0.273. The molecule has 12 nitrogen and oxygen atoms in total. The third kappa shape index (κ3) is 5.02. The summed E-state index contributed by atoms with van der Waals surface area (Å²) in [5, 5.41) is 20.1. The second kappa shape index (κ2) is 10.2. The molecule has 0 radical (unpaired) electrons. The number of benzene rings is 1. The van der Waals surface area contributed by atoms with Crippen LogP contribution in [0.3, 0.4) is 0 Å². The minimum absolute atomic E-state index is 0.258. The van der Waals surface area contributed by atoms with E-state index < -0.39 is 0 Å². The van der Waals surface area contributed by atoms with Crippen LogP contribution in [0.25, 0.3) is 21.7 Å². The van der Waals surface area contributed by atoms with Crippen molar-refractivity contribution in [2.75, 3.05) is 44.7 Å². The van der Waals surface area contributed by atoms with E-state index in [1.54, 1.807) is 17.0 Å². The van der Waals surface area contributed by atoms with Gasteiger partial charge in [0.2, 0.25) is 5.16 Å². The van der Waals surface area contributed by atoms with Gasteiger partial charge in [-0.05, 0) is 42.1 Å². The van der Waals surface area contributed by atoms with E-state index in [0.717, 1.165) is 53.8 Å². The molecule has 1 aromatic carbocycles. The molecule has 36 heavy (non-hydrogen) atoms. The summed E-state index contributed by atoms with van der Waals surface area (Å²) in [5.74, 6) is 0.721. The molecule has 0 aliphatic carbocycles. The number of hydrogen-bond acceptors (Lipinski definition) is 10. The zero-order valence-corrected chi connectivity index (χ0v) is 20.7. The number of morpholine rings is 1. The Labute approximate surface area is 213 Å².